The molecule has 0 spiro atoms. The van der Waals surface area contributed by atoms with E-state index in [9.17, 15) is 23.2 Å². The summed E-state index contributed by atoms with van der Waals surface area (Å²) in [6, 6.07) is 3.89. The highest BCUT2D eigenvalue weighted by atomic mass is 19.2. The minimum atomic E-state index is -1.60. The Hall–Kier alpha value is -3.02. The number of imide groups is 1. The van der Waals surface area contributed by atoms with Crippen molar-refractivity contribution in [3.05, 3.63) is 35.4 Å². The second-order valence-corrected chi connectivity index (χ2v) is 5.33. The van der Waals surface area contributed by atoms with Crippen LogP contribution in [0.4, 0.5) is 13.6 Å². The van der Waals surface area contributed by atoms with Gasteiger partial charge in [0, 0.05) is 6.54 Å². The van der Waals surface area contributed by atoms with Crippen molar-refractivity contribution in [3.8, 4) is 6.07 Å². The van der Waals surface area contributed by atoms with Gasteiger partial charge in [-0.25, -0.2) is 13.6 Å². The van der Waals surface area contributed by atoms with E-state index in [1.807, 2.05) is 6.07 Å². The zero-order chi connectivity index (χ0) is 17.9. The zero-order valence-corrected chi connectivity index (χ0v) is 12.7. The monoisotopic (exact) mass is 336 g/mol. The molecule has 1 saturated heterocycles. The number of carbonyl (C=O) groups is 3. The highest BCUT2D eigenvalue weighted by Gasteiger charge is 2.49. The number of nitrogens with one attached hydrogen (secondary N) is 2. The molecule has 7 nitrogen and oxygen atoms in total. The Bertz CT molecular complexity index is 747. The summed E-state index contributed by atoms with van der Waals surface area (Å²) in [5.74, 6) is -3.59. The maximum Gasteiger partial charge on any atom is 0.325 e. The predicted octanol–water partition coefficient (Wildman–Crippen LogP) is 0.762. The smallest absolute Gasteiger partial charge is 0.325 e. The number of halogens is 2. The fraction of sp³-hybridized carbons (Fsp3) is 0.333. The van der Waals surface area contributed by atoms with Crippen LogP contribution in [0.15, 0.2) is 18.2 Å². The summed E-state index contributed by atoms with van der Waals surface area (Å²) < 4.78 is 26.5. The molecular formula is C15H14F2N4O3. The van der Waals surface area contributed by atoms with Crippen molar-refractivity contribution in [3.63, 3.8) is 0 Å². The van der Waals surface area contributed by atoms with Crippen molar-refractivity contribution >= 4 is 17.8 Å². The van der Waals surface area contributed by atoms with E-state index in [4.69, 9.17) is 5.26 Å². The van der Waals surface area contributed by atoms with Crippen molar-refractivity contribution < 1.29 is 23.2 Å². The van der Waals surface area contributed by atoms with E-state index in [-0.39, 0.29) is 18.5 Å². The van der Waals surface area contributed by atoms with E-state index in [2.05, 4.69) is 10.6 Å². The molecule has 0 radical (unpaired) electrons. The molecule has 1 aromatic rings. The van der Waals surface area contributed by atoms with Gasteiger partial charge >= 0.3 is 6.03 Å². The van der Waals surface area contributed by atoms with Gasteiger partial charge in [-0.2, -0.15) is 5.26 Å². The number of nitriles is 1. The van der Waals surface area contributed by atoms with Crippen LogP contribution in [0.1, 0.15) is 18.9 Å². The maximum absolute atomic E-state index is 13.4. The topological polar surface area (TPSA) is 102 Å². The Labute approximate surface area is 136 Å². The molecule has 0 aliphatic carbocycles. The first-order valence-corrected chi connectivity index (χ1v) is 7.03. The van der Waals surface area contributed by atoms with Crippen LogP contribution in [-0.4, -0.2) is 35.8 Å². The summed E-state index contributed by atoms with van der Waals surface area (Å²) in [6.45, 7) is 0.905. The van der Waals surface area contributed by atoms with Crippen molar-refractivity contribution in [2.75, 3.05) is 13.1 Å². The highest BCUT2D eigenvalue weighted by Crippen LogP contribution is 2.29. The second-order valence-electron chi connectivity index (χ2n) is 5.33. The zero-order valence-electron chi connectivity index (χ0n) is 12.7. The molecule has 2 rings (SSSR count). The number of carbonyl (C=O) groups excluding carboxylic acids is 3. The van der Waals surface area contributed by atoms with Crippen LogP contribution in [0.2, 0.25) is 0 Å². The summed E-state index contributed by atoms with van der Waals surface area (Å²) in [5, 5.41) is 13.2. The summed E-state index contributed by atoms with van der Waals surface area (Å²) >= 11 is 0. The molecule has 0 unspecified atom stereocenters. The first-order chi connectivity index (χ1) is 11.3. The number of nitrogens with zero attached hydrogens (tertiary/aromatic N) is 2. The fourth-order valence-corrected chi connectivity index (χ4v) is 2.30. The Kier molecular flexibility index (Phi) is 4.78. The van der Waals surface area contributed by atoms with Crippen LogP contribution < -0.4 is 10.6 Å². The molecule has 0 aromatic heterocycles. The Morgan fingerprint density at radius 3 is 2.71 bits per heavy atom. The molecule has 0 saturated carbocycles. The van der Waals surface area contributed by atoms with Crippen molar-refractivity contribution in [2.45, 2.75) is 18.9 Å². The van der Waals surface area contributed by atoms with E-state index in [0.717, 1.165) is 12.1 Å². The molecule has 2 N–H and O–H groups in total. The molecule has 126 valence electrons. The SMILES string of the molecule is C[C@]1(c2ccc(F)c(F)c2)NC(=O)N(CC(=O)NCCC#N)C1=O. The average molecular weight is 336 g/mol. The van der Waals surface area contributed by atoms with Crippen LogP contribution in [0.25, 0.3) is 0 Å². The van der Waals surface area contributed by atoms with Gasteiger partial charge in [0.05, 0.1) is 12.5 Å². The van der Waals surface area contributed by atoms with Crippen molar-refractivity contribution in [2.24, 2.45) is 0 Å². The Balaban J connectivity index is 2.17. The van der Waals surface area contributed by atoms with Gasteiger partial charge in [0.1, 0.15) is 12.1 Å². The largest absolute Gasteiger partial charge is 0.354 e. The number of hydrogen-bond acceptors (Lipinski definition) is 4. The minimum absolute atomic E-state index is 0.0622. The first-order valence-electron chi connectivity index (χ1n) is 7.03. The van der Waals surface area contributed by atoms with Crippen LogP contribution in [0.5, 0.6) is 0 Å². The Morgan fingerprint density at radius 2 is 2.08 bits per heavy atom. The lowest BCUT2D eigenvalue weighted by atomic mass is 9.92. The molecule has 1 atom stereocenters. The molecule has 1 heterocycles. The lowest BCUT2D eigenvalue weighted by Crippen LogP contribution is -2.43. The van der Waals surface area contributed by atoms with Gasteiger partial charge in [-0.1, -0.05) is 6.07 Å². The van der Waals surface area contributed by atoms with E-state index in [0.29, 0.717) is 4.90 Å². The first kappa shape index (κ1) is 17.3. The lowest BCUT2D eigenvalue weighted by molar-refractivity contribution is -0.134. The van der Waals surface area contributed by atoms with Crippen molar-refractivity contribution in [1.29, 1.82) is 5.26 Å². The maximum atomic E-state index is 13.4. The van der Waals surface area contributed by atoms with Gasteiger partial charge in [0.2, 0.25) is 5.91 Å². The third-order valence-corrected chi connectivity index (χ3v) is 3.63. The minimum Gasteiger partial charge on any atom is -0.354 e. The lowest BCUT2D eigenvalue weighted by Gasteiger charge is -2.22. The van der Waals surface area contributed by atoms with Crippen molar-refractivity contribution in [1.82, 2.24) is 15.5 Å². The van der Waals surface area contributed by atoms with Gasteiger partial charge in [-0.05, 0) is 24.6 Å². The highest BCUT2D eigenvalue weighted by molar-refractivity contribution is 6.09. The molecular weight excluding hydrogens is 322 g/mol. The van der Waals surface area contributed by atoms with Gasteiger partial charge in [-0.3, -0.25) is 14.5 Å². The van der Waals surface area contributed by atoms with Crippen LogP contribution >= 0.6 is 0 Å². The van der Waals surface area contributed by atoms with E-state index < -0.39 is 41.6 Å². The predicted molar refractivity (Wildman–Crippen MR) is 77.2 cm³/mol. The quantitative estimate of drug-likeness (QED) is 0.612. The molecule has 9 heteroatoms. The summed E-state index contributed by atoms with van der Waals surface area (Å²) in [4.78, 5) is 36.9. The summed E-state index contributed by atoms with van der Waals surface area (Å²) in [6.07, 6.45) is 0.0957. The Morgan fingerprint density at radius 1 is 1.38 bits per heavy atom. The number of benzene rings is 1. The summed E-state index contributed by atoms with van der Waals surface area (Å²) in [7, 11) is 0. The third-order valence-electron chi connectivity index (χ3n) is 3.63. The number of hydrogen-bond donors (Lipinski definition) is 2. The van der Waals surface area contributed by atoms with E-state index in [1.165, 1.54) is 13.0 Å². The molecule has 24 heavy (non-hydrogen) atoms. The normalized spacial score (nSPS) is 19.8. The third kappa shape index (κ3) is 3.17. The molecule has 0 bridgehead atoms. The molecule has 1 aliphatic rings. The fourth-order valence-electron chi connectivity index (χ4n) is 2.30. The standard InChI is InChI=1S/C15H14F2N4O3/c1-15(9-3-4-10(16)11(17)7-9)13(23)21(14(24)20-15)8-12(22)19-6-2-5-18/h3-4,7H,2,6,8H2,1H3,(H,19,22)(H,20,24)/t15-/m1/s1. The van der Waals surface area contributed by atoms with Crippen LogP contribution in [0.3, 0.4) is 0 Å². The van der Waals surface area contributed by atoms with E-state index in [1.54, 1.807) is 0 Å². The average Bonchev–Trinajstić information content (AvgIpc) is 2.74. The number of amides is 4. The summed E-state index contributed by atoms with van der Waals surface area (Å²) in [5.41, 5.74) is -1.54. The number of rotatable bonds is 5. The van der Waals surface area contributed by atoms with Crippen LogP contribution in [0, 0.1) is 23.0 Å². The second kappa shape index (κ2) is 6.62. The van der Waals surface area contributed by atoms with Gasteiger partial charge in [-0.15, -0.1) is 0 Å². The molecule has 1 aromatic carbocycles. The number of urea groups is 1. The van der Waals surface area contributed by atoms with Crippen LogP contribution in [-0.2, 0) is 15.1 Å². The molecule has 1 aliphatic heterocycles. The van der Waals surface area contributed by atoms with Gasteiger partial charge < -0.3 is 10.6 Å². The molecule has 1 fully saturated rings. The molecule has 4 amide bonds. The van der Waals surface area contributed by atoms with Gasteiger partial charge in [0.25, 0.3) is 5.91 Å². The van der Waals surface area contributed by atoms with Gasteiger partial charge in [0.15, 0.2) is 11.6 Å². The van der Waals surface area contributed by atoms with E-state index >= 15 is 0 Å².